The molecule has 0 heterocycles. The Labute approximate surface area is 449 Å². The monoisotopic (exact) mass is 1040 g/mol. The fraction of sp³-hybridized carbons (Fsp3) is 0.746. The van der Waals surface area contributed by atoms with E-state index in [9.17, 15) is 19.0 Å². The van der Waals surface area contributed by atoms with Crippen LogP contribution in [-0.2, 0) is 32.7 Å². The van der Waals surface area contributed by atoms with E-state index in [1.165, 1.54) is 161 Å². The molecular weight excluding hydrogens is 930 g/mol. The van der Waals surface area contributed by atoms with Crippen LogP contribution in [0.25, 0.3) is 0 Å². The fourth-order valence-electron chi connectivity index (χ4n) is 8.27. The largest absolute Gasteiger partial charge is 0.498 e. The van der Waals surface area contributed by atoms with Crippen molar-refractivity contribution in [1.82, 2.24) is 5.32 Å². The molecule has 0 spiro atoms. The van der Waals surface area contributed by atoms with Gasteiger partial charge >= 0.3 is 13.8 Å². The number of phosphoric ester groups is 1. The second kappa shape index (κ2) is 58.3. The number of allylic oxidation sites excluding steroid dienone is 13. The highest BCUT2D eigenvalue weighted by Crippen LogP contribution is 2.43. The first-order chi connectivity index (χ1) is 35.8. The van der Waals surface area contributed by atoms with Gasteiger partial charge in [-0.1, -0.05) is 267 Å². The molecule has 0 aliphatic heterocycles. The maximum atomic E-state index is 12.8. The van der Waals surface area contributed by atoms with E-state index >= 15 is 0 Å². The normalized spacial score (nSPS) is 13.6. The van der Waals surface area contributed by atoms with Crippen LogP contribution < -0.4 is 5.32 Å². The van der Waals surface area contributed by atoms with E-state index in [2.05, 4.69) is 86.8 Å². The first-order valence-corrected chi connectivity index (χ1v) is 31.6. The average Bonchev–Trinajstić information content (AvgIpc) is 3.38. The van der Waals surface area contributed by atoms with Gasteiger partial charge in [-0.3, -0.25) is 18.6 Å². The summed E-state index contributed by atoms with van der Waals surface area (Å²) < 4.78 is 34.5. The quantitative estimate of drug-likeness (QED) is 0.0203. The Morgan fingerprint density at radius 3 is 1.29 bits per heavy atom. The molecule has 0 saturated heterocycles. The van der Waals surface area contributed by atoms with Gasteiger partial charge in [-0.2, -0.15) is 0 Å². The molecule has 9 nitrogen and oxygen atoms in total. The van der Waals surface area contributed by atoms with Crippen molar-refractivity contribution < 1.29 is 37.6 Å². The first kappa shape index (κ1) is 70.0. The van der Waals surface area contributed by atoms with Crippen molar-refractivity contribution in [3.05, 3.63) is 85.3 Å². The molecule has 0 aliphatic carbocycles. The summed E-state index contributed by atoms with van der Waals surface area (Å²) in [7, 11) is -4.48. The van der Waals surface area contributed by atoms with Gasteiger partial charge in [0.05, 0.1) is 19.5 Å². The number of hydrogen-bond acceptors (Lipinski definition) is 7. The van der Waals surface area contributed by atoms with E-state index < -0.39 is 19.9 Å². The van der Waals surface area contributed by atoms with Crippen molar-refractivity contribution in [1.29, 1.82) is 0 Å². The summed E-state index contributed by atoms with van der Waals surface area (Å²) in [5, 5.41) is 2.76. The average molecular weight is 1040 g/mol. The van der Waals surface area contributed by atoms with Gasteiger partial charge in [0, 0.05) is 19.4 Å². The van der Waals surface area contributed by atoms with Crippen molar-refractivity contribution >= 4 is 19.7 Å². The van der Waals surface area contributed by atoms with Gasteiger partial charge in [0.15, 0.2) is 6.10 Å². The lowest BCUT2D eigenvalue weighted by Crippen LogP contribution is -2.28. The molecule has 2 N–H and O–H groups in total. The topological polar surface area (TPSA) is 120 Å². The SMILES string of the molecule is CC/C=C\C/C=C\C/C=C\C/C=C\C/C=C\C/C=C\CCC(=O)O[C@H](CO/C=C\CCCCCCCCCCCCCCCC)COP(=O)(O)OCCNC(=O)CCCCCCCCCCCCCCCCC. The highest BCUT2D eigenvalue weighted by Gasteiger charge is 2.25. The Balaban J connectivity index is 4.57. The Bertz CT molecular complexity index is 1470. The lowest BCUT2D eigenvalue weighted by molar-refractivity contribution is -0.153. The van der Waals surface area contributed by atoms with E-state index in [0.29, 0.717) is 12.8 Å². The molecule has 0 rings (SSSR count). The Morgan fingerprint density at radius 2 is 0.849 bits per heavy atom. The molecule has 0 radical (unpaired) electrons. The summed E-state index contributed by atoms with van der Waals surface area (Å²) in [6.07, 6.45) is 73.5. The van der Waals surface area contributed by atoms with E-state index in [1.807, 2.05) is 18.2 Å². The van der Waals surface area contributed by atoms with Crippen LogP contribution in [0.4, 0.5) is 0 Å². The molecule has 1 unspecified atom stereocenters. The number of phosphoric acid groups is 1. The Hall–Kier alpha value is -2.97. The van der Waals surface area contributed by atoms with Crippen LogP contribution in [0.2, 0.25) is 0 Å². The summed E-state index contributed by atoms with van der Waals surface area (Å²) in [5.74, 6) is -0.550. The van der Waals surface area contributed by atoms with Crippen LogP contribution in [-0.4, -0.2) is 49.2 Å². The van der Waals surface area contributed by atoms with Gasteiger partial charge in [0.25, 0.3) is 0 Å². The third-order valence-electron chi connectivity index (χ3n) is 12.7. The van der Waals surface area contributed by atoms with Crippen molar-refractivity contribution in [3.8, 4) is 0 Å². The number of carbonyl (C=O) groups is 2. The van der Waals surface area contributed by atoms with Crippen molar-refractivity contribution in [2.75, 3.05) is 26.4 Å². The van der Waals surface area contributed by atoms with Gasteiger partial charge < -0.3 is 19.7 Å². The minimum absolute atomic E-state index is 0.0315. The molecule has 73 heavy (non-hydrogen) atoms. The minimum atomic E-state index is -4.48. The minimum Gasteiger partial charge on any atom is -0.498 e. The number of carbonyl (C=O) groups excluding carboxylic acids is 2. The molecule has 0 aromatic carbocycles. The van der Waals surface area contributed by atoms with Crippen LogP contribution in [0.3, 0.4) is 0 Å². The lowest BCUT2D eigenvalue weighted by Gasteiger charge is -2.19. The number of nitrogens with one attached hydrogen (secondary N) is 1. The third kappa shape index (κ3) is 58.2. The predicted molar refractivity (Wildman–Crippen MR) is 312 cm³/mol. The zero-order valence-corrected chi connectivity index (χ0v) is 48.2. The molecule has 0 aliphatic rings. The second-order valence-electron chi connectivity index (χ2n) is 19.8. The Kier molecular flexibility index (Phi) is 55.9. The number of unbranched alkanes of at least 4 members (excludes halogenated alkanes) is 28. The van der Waals surface area contributed by atoms with Crippen LogP contribution in [0, 0.1) is 0 Å². The molecule has 0 aromatic rings. The molecular formula is C63H112NO8P. The van der Waals surface area contributed by atoms with E-state index in [4.69, 9.17) is 18.5 Å². The van der Waals surface area contributed by atoms with E-state index in [0.717, 1.165) is 70.6 Å². The summed E-state index contributed by atoms with van der Waals surface area (Å²) in [6.45, 7) is 6.17. The third-order valence-corrected chi connectivity index (χ3v) is 13.7. The highest BCUT2D eigenvalue weighted by molar-refractivity contribution is 7.47. The van der Waals surface area contributed by atoms with Gasteiger partial charge in [-0.15, -0.1) is 0 Å². The maximum absolute atomic E-state index is 12.8. The van der Waals surface area contributed by atoms with E-state index in [1.54, 1.807) is 6.26 Å². The zero-order valence-electron chi connectivity index (χ0n) is 47.3. The fourth-order valence-corrected chi connectivity index (χ4v) is 9.02. The van der Waals surface area contributed by atoms with Crippen LogP contribution in [0.1, 0.15) is 271 Å². The first-order valence-electron chi connectivity index (χ1n) is 30.1. The van der Waals surface area contributed by atoms with Crippen molar-refractivity contribution in [2.24, 2.45) is 0 Å². The van der Waals surface area contributed by atoms with Crippen LogP contribution >= 0.6 is 7.82 Å². The number of esters is 1. The van der Waals surface area contributed by atoms with Crippen molar-refractivity contribution in [2.45, 2.75) is 277 Å². The number of amides is 1. The van der Waals surface area contributed by atoms with E-state index in [-0.39, 0.29) is 38.7 Å². The molecule has 1 amide bonds. The number of rotatable bonds is 56. The summed E-state index contributed by atoms with van der Waals surface area (Å²) in [6, 6.07) is 0. The molecule has 422 valence electrons. The van der Waals surface area contributed by atoms with Crippen LogP contribution in [0.5, 0.6) is 0 Å². The van der Waals surface area contributed by atoms with Gasteiger partial charge in [-0.05, 0) is 70.3 Å². The van der Waals surface area contributed by atoms with Gasteiger partial charge in [0.2, 0.25) is 5.91 Å². The van der Waals surface area contributed by atoms with Gasteiger partial charge in [-0.25, -0.2) is 4.57 Å². The molecule has 0 fully saturated rings. The molecule has 0 aromatic heterocycles. The zero-order chi connectivity index (χ0) is 53.1. The summed E-state index contributed by atoms with van der Waals surface area (Å²) in [4.78, 5) is 35.6. The van der Waals surface area contributed by atoms with Crippen LogP contribution in [0.15, 0.2) is 85.3 Å². The molecule has 10 heteroatoms. The number of hydrogen-bond donors (Lipinski definition) is 2. The summed E-state index contributed by atoms with van der Waals surface area (Å²) in [5.41, 5.74) is 0. The molecule has 0 saturated carbocycles. The highest BCUT2D eigenvalue weighted by atomic mass is 31.2. The smallest absolute Gasteiger partial charge is 0.472 e. The molecule has 2 atom stereocenters. The second-order valence-corrected chi connectivity index (χ2v) is 21.3. The van der Waals surface area contributed by atoms with Crippen molar-refractivity contribution in [3.63, 3.8) is 0 Å². The Morgan fingerprint density at radius 1 is 0.452 bits per heavy atom. The number of ether oxygens (including phenoxy) is 2. The standard InChI is InChI=1S/C63H112NO8P/c1-4-7-10-13-16-19-22-25-28-30-31-32-34-37-40-43-46-49-52-55-63(66)72-61(59-69-57-53-50-47-44-41-38-35-29-26-23-20-17-14-11-8-5-2)60-71-73(67,68)70-58-56-64-62(65)54-51-48-45-42-39-36-33-27-24-21-18-15-12-9-6-3/h7,10,16,19,25,28,31-32,37,40,46,49,53,57,61H,4-6,8-9,11-15,17-18,20-24,26-27,29-30,33-36,38-39,41-45,47-48,50-52,54-56,58-60H2,1-3H3,(H,64,65)(H,67,68)/b10-7-,19-16-,28-25-,32-31-,40-37-,49-46-,57-53-/t61-/m1/s1. The maximum Gasteiger partial charge on any atom is 0.472 e. The lowest BCUT2D eigenvalue weighted by atomic mass is 10.0. The summed E-state index contributed by atoms with van der Waals surface area (Å²) >= 11 is 0. The van der Waals surface area contributed by atoms with Gasteiger partial charge in [0.1, 0.15) is 6.61 Å². The molecule has 0 bridgehead atoms. The predicted octanol–water partition coefficient (Wildman–Crippen LogP) is 19.3.